The van der Waals surface area contributed by atoms with Crippen LogP contribution in [0.2, 0.25) is 0 Å². The third-order valence-corrected chi connectivity index (χ3v) is 10.6. The number of hydrogen-bond donors (Lipinski definition) is 1. The van der Waals surface area contributed by atoms with Crippen LogP contribution in [0.15, 0.2) is 90.2 Å². The minimum absolute atomic E-state index is 0.0402. The van der Waals surface area contributed by atoms with Crippen molar-refractivity contribution in [2.24, 2.45) is 4.99 Å². The average molecular weight is 587 g/mol. The van der Waals surface area contributed by atoms with Crippen molar-refractivity contribution in [3.63, 3.8) is 0 Å². The number of hydrogen-bond acceptors (Lipinski definition) is 6. The summed E-state index contributed by atoms with van der Waals surface area (Å²) in [5.74, 6) is 2.90. The smallest absolute Gasteiger partial charge is 0.134 e. The highest BCUT2D eigenvalue weighted by molar-refractivity contribution is 5.99. The highest BCUT2D eigenvalue weighted by atomic mass is 15.4. The van der Waals surface area contributed by atoms with Crippen LogP contribution in [0.5, 0.6) is 0 Å². The molecule has 6 nitrogen and oxygen atoms in total. The summed E-state index contributed by atoms with van der Waals surface area (Å²) in [6, 6.07) is 26.0. The van der Waals surface area contributed by atoms with E-state index in [1.165, 1.54) is 5.56 Å². The maximum absolute atomic E-state index is 5.00. The summed E-state index contributed by atoms with van der Waals surface area (Å²) in [6.45, 7) is 22.2. The fourth-order valence-corrected chi connectivity index (χ4v) is 6.90. The molecule has 0 spiro atoms. The zero-order chi connectivity index (χ0) is 31.7. The van der Waals surface area contributed by atoms with Gasteiger partial charge in [-0.05, 0) is 134 Å². The molecule has 1 fully saturated rings. The fourth-order valence-electron chi connectivity index (χ4n) is 6.90. The first-order valence-corrected chi connectivity index (χ1v) is 15.7. The zero-order valence-corrected chi connectivity index (χ0v) is 27.9. The molecular formula is C38H46N6. The van der Waals surface area contributed by atoms with Crippen LogP contribution in [-0.2, 0) is 0 Å². The lowest BCUT2D eigenvalue weighted by Crippen LogP contribution is -2.53. The molecule has 2 aromatic heterocycles. The van der Waals surface area contributed by atoms with E-state index in [0.29, 0.717) is 0 Å². The van der Waals surface area contributed by atoms with Crippen molar-refractivity contribution in [1.82, 2.24) is 15.3 Å². The van der Waals surface area contributed by atoms with Crippen LogP contribution in [0.25, 0.3) is 33.4 Å². The van der Waals surface area contributed by atoms with Gasteiger partial charge in [-0.1, -0.05) is 30.3 Å². The Kier molecular flexibility index (Phi) is 7.00. The maximum atomic E-state index is 5.00. The summed E-state index contributed by atoms with van der Waals surface area (Å²) in [7, 11) is 0. The van der Waals surface area contributed by atoms with Crippen LogP contribution in [0, 0.1) is 0 Å². The van der Waals surface area contributed by atoms with Gasteiger partial charge in [-0.15, -0.1) is 0 Å². The van der Waals surface area contributed by atoms with Crippen molar-refractivity contribution in [3.8, 4) is 33.4 Å². The molecule has 1 unspecified atom stereocenters. The molecule has 0 bridgehead atoms. The molecular weight excluding hydrogens is 540 g/mol. The molecule has 44 heavy (non-hydrogen) atoms. The van der Waals surface area contributed by atoms with Crippen molar-refractivity contribution in [2.75, 3.05) is 9.80 Å². The first kappa shape index (κ1) is 30.0. The lowest BCUT2D eigenvalue weighted by Gasteiger charge is -2.41. The second-order valence-corrected chi connectivity index (χ2v) is 14.5. The summed E-state index contributed by atoms with van der Waals surface area (Å²) in [6.07, 6.45) is 4.19. The Morgan fingerprint density at radius 3 is 1.57 bits per heavy atom. The van der Waals surface area contributed by atoms with Crippen molar-refractivity contribution in [2.45, 2.75) is 97.6 Å². The van der Waals surface area contributed by atoms with Gasteiger partial charge in [0.1, 0.15) is 17.5 Å². The van der Waals surface area contributed by atoms with E-state index < -0.39 is 0 Å². The minimum Gasteiger partial charge on any atom is -0.334 e. The number of aliphatic imine (C=N–C) groups is 1. The monoisotopic (exact) mass is 586 g/mol. The summed E-state index contributed by atoms with van der Waals surface area (Å²) in [4.78, 5) is 19.6. The highest BCUT2D eigenvalue weighted by Gasteiger charge is 2.51. The van der Waals surface area contributed by atoms with Gasteiger partial charge in [0.15, 0.2) is 0 Å². The summed E-state index contributed by atoms with van der Waals surface area (Å²) in [5.41, 5.74) is 6.24. The topological polar surface area (TPSA) is 56.6 Å². The van der Waals surface area contributed by atoms with E-state index in [-0.39, 0.29) is 28.3 Å². The SMILES string of the molecule is CC1=NC(C)(C)C(C)(C)N1c1ccc(-c2cc(-c3ccccc3)cc(-c3ccc(N4C(C)NC(C)(C)C4(C)C)nc3)c2)cn1. The van der Waals surface area contributed by atoms with E-state index in [1.54, 1.807) is 0 Å². The molecule has 6 heteroatoms. The van der Waals surface area contributed by atoms with E-state index in [1.807, 2.05) is 12.4 Å². The Labute approximate surface area is 263 Å². The van der Waals surface area contributed by atoms with Crippen molar-refractivity contribution in [3.05, 3.63) is 85.2 Å². The van der Waals surface area contributed by atoms with Gasteiger partial charge in [-0.2, -0.15) is 0 Å². The second kappa shape index (κ2) is 10.3. The number of pyridine rings is 2. The molecule has 1 saturated heterocycles. The van der Waals surface area contributed by atoms with Gasteiger partial charge < -0.3 is 9.80 Å². The number of amidine groups is 1. The predicted octanol–water partition coefficient (Wildman–Crippen LogP) is 8.59. The molecule has 4 heterocycles. The first-order chi connectivity index (χ1) is 20.6. The largest absolute Gasteiger partial charge is 0.334 e. The number of nitrogens with zero attached hydrogens (tertiary/aromatic N) is 5. The van der Waals surface area contributed by atoms with Gasteiger partial charge in [0.05, 0.1) is 22.8 Å². The van der Waals surface area contributed by atoms with Gasteiger partial charge in [0.2, 0.25) is 0 Å². The lowest BCUT2D eigenvalue weighted by molar-refractivity contribution is 0.314. The fraction of sp³-hybridized carbons (Fsp3) is 0.395. The number of benzene rings is 2. The molecule has 228 valence electrons. The Balaban J connectivity index is 1.38. The van der Waals surface area contributed by atoms with Crippen molar-refractivity contribution >= 4 is 17.5 Å². The maximum Gasteiger partial charge on any atom is 0.134 e. The van der Waals surface area contributed by atoms with Crippen LogP contribution in [0.3, 0.4) is 0 Å². The molecule has 0 amide bonds. The molecule has 2 aliphatic rings. The summed E-state index contributed by atoms with van der Waals surface area (Å²) < 4.78 is 0. The van der Waals surface area contributed by atoms with Crippen LogP contribution >= 0.6 is 0 Å². The predicted molar refractivity (Wildman–Crippen MR) is 185 cm³/mol. The van der Waals surface area contributed by atoms with Crippen LogP contribution in [-0.4, -0.2) is 44.1 Å². The van der Waals surface area contributed by atoms with Gasteiger partial charge in [-0.25, -0.2) is 9.97 Å². The van der Waals surface area contributed by atoms with Crippen LogP contribution < -0.4 is 15.1 Å². The quantitative estimate of drug-likeness (QED) is 0.254. The lowest BCUT2D eigenvalue weighted by atomic mass is 9.83. The number of aromatic nitrogens is 2. The summed E-state index contributed by atoms with van der Waals surface area (Å²) in [5, 5.41) is 3.73. The van der Waals surface area contributed by atoms with Gasteiger partial charge >= 0.3 is 0 Å². The standard InChI is InChI=1S/C38H46N6/c1-25-41-35(3,4)37(7,8)43(25)33-18-16-28(23-39-33)31-20-30(27-14-12-11-13-15-27)21-32(22-31)29-17-19-34(40-24-29)44-26(2)42-36(5,6)38(44,9)10/h11-25,41H,1-10H3. The van der Waals surface area contributed by atoms with Gasteiger partial charge in [0, 0.05) is 29.1 Å². The van der Waals surface area contributed by atoms with Crippen molar-refractivity contribution < 1.29 is 0 Å². The molecule has 0 aliphatic carbocycles. The van der Waals surface area contributed by atoms with E-state index in [9.17, 15) is 0 Å². The zero-order valence-electron chi connectivity index (χ0n) is 27.9. The molecule has 1 N–H and O–H groups in total. The molecule has 0 radical (unpaired) electrons. The third-order valence-electron chi connectivity index (χ3n) is 10.6. The van der Waals surface area contributed by atoms with E-state index in [0.717, 1.165) is 45.3 Å². The van der Waals surface area contributed by atoms with Crippen molar-refractivity contribution in [1.29, 1.82) is 0 Å². The number of rotatable bonds is 5. The Bertz CT molecular complexity index is 1700. The van der Waals surface area contributed by atoms with Gasteiger partial charge in [-0.3, -0.25) is 10.3 Å². The van der Waals surface area contributed by atoms with Crippen LogP contribution in [0.1, 0.15) is 69.2 Å². The molecule has 2 aliphatic heterocycles. The third kappa shape index (κ3) is 4.80. The van der Waals surface area contributed by atoms with E-state index in [4.69, 9.17) is 15.0 Å². The van der Waals surface area contributed by atoms with Crippen LogP contribution in [0.4, 0.5) is 11.6 Å². The molecule has 2 aromatic carbocycles. The molecule has 0 saturated carbocycles. The minimum atomic E-state index is -0.199. The van der Waals surface area contributed by atoms with E-state index >= 15 is 0 Å². The first-order valence-electron chi connectivity index (χ1n) is 15.7. The van der Waals surface area contributed by atoms with E-state index in [2.05, 4.69) is 157 Å². The Morgan fingerprint density at radius 1 is 0.614 bits per heavy atom. The molecule has 4 aromatic rings. The molecule has 1 atom stereocenters. The second-order valence-electron chi connectivity index (χ2n) is 14.5. The number of anilines is 2. The van der Waals surface area contributed by atoms with Gasteiger partial charge in [0.25, 0.3) is 0 Å². The molecule has 6 rings (SSSR count). The Hall–Kier alpha value is -4.03. The average Bonchev–Trinajstić information content (AvgIpc) is 3.25. The Morgan fingerprint density at radius 2 is 1.14 bits per heavy atom. The summed E-state index contributed by atoms with van der Waals surface area (Å²) >= 11 is 0. The normalized spacial score (nSPS) is 21.4. The highest BCUT2D eigenvalue weighted by Crippen LogP contribution is 2.42. The number of nitrogens with one attached hydrogen (secondary N) is 1.